The van der Waals surface area contributed by atoms with Crippen molar-refractivity contribution in [1.29, 1.82) is 0 Å². The molecule has 104 valence electrons. The van der Waals surface area contributed by atoms with Gasteiger partial charge in [-0.05, 0) is 38.3 Å². The van der Waals surface area contributed by atoms with E-state index in [1.807, 2.05) is 0 Å². The van der Waals surface area contributed by atoms with Crippen molar-refractivity contribution in [3.8, 4) is 0 Å². The van der Waals surface area contributed by atoms with Gasteiger partial charge in [-0.3, -0.25) is 9.69 Å². The first-order chi connectivity index (χ1) is 8.72. The Morgan fingerprint density at radius 2 is 1.83 bits per heavy atom. The van der Waals surface area contributed by atoms with Crippen LogP contribution >= 0.6 is 0 Å². The van der Waals surface area contributed by atoms with Crippen LogP contribution in [-0.2, 0) is 4.79 Å². The summed E-state index contributed by atoms with van der Waals surface area (Å²) in [6.45, 7) is 8.11. The van der Waals surface area contributed by atoms with Crippen molar-refractivity contribution in [1.82, 2.24) is 9.80 Å². The Kier molecular flexibility index (Phi) is 5.01. The number of piperazine rings is 1. The fourth-order valence-electron chi connectivity index (χ4n) is 2.75. The van der Waals surface area contributed by atoms with Gasteiger partial charge in [0.1, 0.15) is 0 Å². The number of unbranched alkanes of at least 4 members (excludes halogenated alkanes) is 2. The molecule has 0 aromatic heterocycles. The molecule has 2 fully saturated rings. The fourth-order valence-corrected chi connectivity index (χ4v) is 2.75. The molecule has 0 aromatic rings. The van der Waals surface area contributed by atoms with Gasteiger partial charge in [-0.25, -0.2) is 0 Å². The molecule has 1 heterocycles. The van der Waals surface area contributed by atoms with Crippen molar-refractivity contribution in [2.45, 2.75) is 32.6 Å². The molecule has 4 nitrogen and oxygen atoms in total. The number of rotatable bonds is 6. The van der Waals surface area contributed by atoms with Crippen molar-refractivity contribution >= 4 is 5.91 Å². The van der Waals surface area contributed by atoms with E-state index in [0.717, 1.165) is 45.6 Å². The Morgan fingerprint density at radius 1 is 1.17 bits per heavy atom. The minimum atomic E-state index is 0.348. The van der Waals surface area contributed by atoms with Crippen LogP contribution in [0.1, 0.15) is 32.6 Å². The summed E-state index contributed by atoms with van der Waals surface area (Å²) in [5.74, 6) is 1.39. The highest BCUT2D eigenvalue weighted by atomic mass is 16.2. The maximum Gasteiger partial charge on any atom is 0.226 e. The maximum atomic E-state index is 12.1. The van der Waals surface area contributed by atoms with Crippen molar-refractivity contribution < 1.29 is 4.79 Å². The fraction of sp³-hybridized carbons (Fsp3) is 0.929. The van der Waals surface area contributed by atoms with E-state index < -0.39 is 0 Å². The molecule has 0 radical (unpaired) electrons. The lowest BCUT2D eigenvalue weighted by Crippen LogP contribution is -2.49. The van der Waals surface area contributed by atoms with Gasteiger partial charge in [0.2, 0.25) is 5.91 Å². The smallest absolute Gasteiger partial charge is 0.226 e. The molecular weight excluding hydrogens is 226 g/mol. The number of amides is 1. The van der Waals surface area contributed by atoms with Gasteiger partial charge in [-0.15, -0.1) is 0 Å². The quantitative estimate of drug-likeness (QED) is 0.716. The van der Waals surface area contributed by atoms with Gasteiger partial charge in [0.05, 0.1) is 0 Å². The third-order valence-electron chi connectivity index (χ3n) is 4.29. The Balaban J connectivity index is 1.60. The number of carbonyl (C=O) groups is 1. The highest BCUT2D eigenvalue weighted by molar-refractivity contribution is 5.81. The van der Waals surface area contributed by atoms with Crippen LogP contribution in [0.25, 0.3) is 0 Å². The topological polar surface area (TPSA) is 49.6 Å². The molecule has 1 saturated heterocycles. The first-order valence-electron chi connectivity index (χ1n) is 7.43. The van der Waals surface area contributed by atoms with E-state index in [0.29, 0.717) is 17.7 Å². The zero-order chi connectivity index (χ0) is 13.0. The molecule has 1 saturated carbocycles. The van der Waals surface area contributed by atoms with Gasteiger partial charge < -0.3 is 10.6 Å². The molecule has 0 aromatic carbocycles. The van der Waals surface area contributed by atoms with Crippen molar-refractivity contribution in [2.75, 3.05) is 39.3 Å². The van der Waals surface area contributed by atoms with Gasteiger partial charge in [0.25, 0.3) is 0 Å². The zero-order valence-corrected chi connectivity index (χ0v) is 11.6. The number of nitrogens with zero attached hydrogens (tertiary/aromatic N) is 2. The lowest BCUT2D eigenvalue weighted by atomic mass is 10.2. The van der Waals surface area contributed by atoms with Crippen LogP contribution in [-0.4, -0.2) is 55.0 Å². The predicted molar refractivity (Wildman–Crippen MR) is 73.2 cm³/mol. The molecule has 2 N–H and O–H groups in total. The largest absolute Gasteiger partial charge is 0.340 e. The van der Waals surface area contributed by atoms with E-state index in [4.69, 9.17) is 5.73 Å². The second-order valence-electron chi connectivity index (χ2n) is 5.84. The van der Waals surface area contributed by atoms with Gasteiger partial charge >= 0.3 is 0 Å². The molecule has 2 atom stereocenters. The standard InChI is InChI=1S/C14H27N3O/c1-12-11-13(12)14(18)17-9-7-16(8-10-17)6-4-2-3-5-15/h12-13H,2-11,15H2,1H3. The highest BCUT2D eigenvalue weighted by Crippen LogP contribution is 2.39. The Hall–Kier alpha value is -0.610. The number of carbonyl (C=O) groups excluding carboxylic acids is 1. The molecule has 0 spiro atoms. The van der Waals surface area contributed by atoms with E-state index >= 15 is 0 Å². The van der Waals surface area contributed by atoms with Gasteiger partial charge in [-0.1, -0.05) is 13.3 Å². The summed E-state index contributed by atoms with van der Waals surface area (Å²) < 4.78 is 0. The minimum Gasteiger partial charge on any atom is -0.340 e. The Bertz CT molecular complexity index is 274. The van der Waals surface area contributed by atoms with Crippen LogP contribution in [0, 0.1) is 11.8 Å². The summed E-state index contributed by atoms with van der Waals surface area (Å²) in [4.78, 5) is 16.6. The van der Waals surface area contributed by atoms with Crippen molar-refractivity contribution in [3.05, 3.63) is 0 Å². The number of nitrogens with two attached hydrogens (primary N) is 1. The van der Waals surface area contributed by atoms with E-state index in [-0.39, 0.29) is 0 Å². The van der Waals surface area contributed by atoms with Crippen LogP contribution in [0.4, 0.5) is 0 Å². The predicted octanol–water partition coefficient (Wildman–Crippen LogP) is 0.916. The summed E-state index contributed by atoms with van der Waals surface area (Å²) in [5, 5.41) is 0. The molecule has 0 bridgehead atoms. The summed E-state index contributed by atoms with van der Waals surface area (Å²) in [7, 11) is 0. The van der Waals surface area contributed by atoms with Crippen LogP contribution in [0.2, 0.25) is 0 Å². The summed E-state index contributed by atoms with van der Waals surface area (Å²) in [6.07, 6.45) is 4.72. The Labute approximate surface area is 110 Å². The molecule has 2 unspecified atom stereocenters. The van der Waals surface area contributed by atoms with E-state index in [1.165, 1.54) is 19.4 Å². The molecule has 2 rings (SSSR count). The van der Waals surface area contributed by atoms with Crippen molar-refractivity contribution in [2.24, 2.45) is 17.6 Å². The Morgan fingerprint density at radius 3 is 2.39 bits per heavy atom. The highest BCUT2D eigenvalue weighted by Gasteiger charge is 2.41. The summed E-state index contributed by atoms with van der Waals surface area (Å²) in [6, 6.07) is 0. The lowest BCUT2D eigenvalue weighted by Gasteiger charge is -2.35. The molecule has 4 heteroatoms. The van der Waals surface area contributed by atoms with E-state index in [1.54, 1.807) is 0 Å². The monoisotopic (exact) mass is 253 g/mol. The number of hydrogen-bond acceptors (Lipinski definition) is 3. The molecule has 1 amide bonds. The van der Waals surface area contributed by atoms with Gasteiger partial charge in [0, 0.05) is 32.1 Å². The SMILES string of the molecule is CC1CC1C(=O)N1CCN(CCCCCN)CC1. The number of hydrogen-bond donors (Lipinski definition) is 1. The average Bonchev–Trinajstić information content (AvgIpc) is 3.12. The second-order valence-corrected chi connectivity index (χ2v) is 5.84. The van der Waals surface area contributed by atoms with Gasteiger partial charge in [-0.2, -0.15) is 0 Å². The first-order valence-corrected chi connectivity index (χ1v) is 7.43. The van der Waals surface area contributed by atoms with Crippen LogP contribution in [0.3, 0.4) is 0 Å². The second kappa shape index (κ2) is 6.53. The molecule has 1 aliphatic carbocycles. The maximum absolute atomic E-state index is 12.1. The van der Waals surface area contributed by atoms with Crippen LogP contribution in [0.5, 0.6) is 0 Å². The van der Waals surface area contributed by atoms with Gasteiger partial charge in [0.15, 0.2) is 0 Å². The molecule has 18 heavy (non-hydrogen) atoms. The lowest BCUT2D eigenvalue weighted by molar-refractivity contribution is -0.134. The third kappa shape index (κ3) is 3.69. The first kappa shape index (κ1) is 13.8. The van der Waals surface area contributed by atoms with E-state index in [9.17, 15) is 4.79 Å². The normalized spacial score (nSPS) is 28.4. The summed E-state index contributed by atoms with van der Waals surface area (Å²) >= 11 is 0. The zero-order valence-electron chi connectivity index (χ0n) is 11.6. The minimum absolute atomic E-state index is 0.348. The third-order valence-corrected chi connectivity index (χ3v) is 4.29. The molecular formula is C14H27N3O. The average molecular weight is 253 g/mol. The van der Waals surface area contributed by atoms with Crippen LogP contribution in [0.15, 0.2) is 0 Å². The van der Waals surface area contributed by atoms with Crippen LogP contribution < -0.4 is 5.73 Å². The van der Waals surface area contributed by atoms with Crippen molar-refractivity contribution in [3.63, 3.8) is 0 Å². The summed E-state index contributed by atoms with van der Waals surface area (Å²) in [5.41, 5.74) is 5.49. The van der Waals surface area contributed by atoms with E-state index in [2.05, 4.69) is 16.7 Å². The molecule has 1 aliphatic heterocycles. The molecule has 2 aliphatic rings.